The molecule has 1 fully saturated rings. The molecule has 3 heteroatoms. The van der Waals surface area contributed by atoms with E-state index in [-0.39, 0.29) is 0 Å². The molecule has 1 heterocycles. The summed E-state index contributed by atoms with van der Waals surface area (Å²) < 4.78 is 0. The van der Waals surface area contributed by atoms with Crippen molar-refractivity contribution in [2.24, 2.45) is 0 Å². The average Bonchev–Trinajstić information content (AvgIpc) is 2.34. The third-order valence-corrected chi connectivity index (χ3v) is 3.35. The minimum atomic E-state index is 0.300. The van der Waals surface area contributed by atoms with E-state index in [0.717, 1.165) is 19.6 Å². The number of benzene rings is 1. The summed E-state index contributed by atoms with van der Waals surface area (Å²) in [5.74, 6) is 0. The van der Waals surface area contributed by atoms with Crippen LogP contribution in [0.2, 0.25) is 0 Å². The van der Waals surface area contributed by atoms with E-state index >= 15 is 0 Å². The van der Waals surface area contributed by atoms with Gasteiger partial charge in [0.25, 0.3) is 0 Å². The molecular weight excluding hydrogens is 210 g/mol. The molecule has 0 aromatic heterocycles. The molecule has 1 aromatic rings. The molecule has 3 nitrogen and oxygen atoms in total. The molecule has 1 unspecified atom stereocenters. The lowest BCUT2D eigenvalue weighted by atomic mass is 10.0. The quantitative estimate of drug-likeness (QED) is 0.843. The first kappa shape index (κ1) is 11.9. The Morgan fingerprint density at radius 3 is 3.06 bits per heavy atom. The van der Waals surface area contributed by atoms with Gasteiger partial charge in [0.05, 0.1) is 18.5 Å². The molecule has 1 aliphatic rings. The van der Waals surface area contributed by atoms with Gasteiger partial charge in [-0.25, -0.2) is 0 Å². The van der Waals surface area contributed by atoms with Crippen molar-refractivity contribution in [2.75, 3.05) is 24.5 Å². The number of piperazine rings is 1. The monoisotopic (exact) mass is 229 g/mol. The van der Waals surface area contributed by atoms with E-state index in [4.69, 9.17) is 5.26 Å². The van der Waals surface area contributed by atoms with E-state index in [2.05, 4.69) is 48.3 Å². The van der Waals surface area contributed by atoms with Crippen LogP contribution in [-0.4, -0.2) is 25.7 Å². The molecule has 1 saturated heterocycles. The number of nitrogens with zero attached hydrogens (tertiary/aromatic N) is 2. The first-order valence-corrected chi connectivity index (χ1v) is 6.14. The van der Waals surface area contributed by atoms with E-state index in [1.165, 1.54) is 16.8 Å². The summed E-state index contributed by atoms with van der Waals surface area (Å²) in [6, 6.07) is 9.12. The highest BCUT2D eigenvalue weighted by Crippen LogP contribution is 2.25. The molecule has 1 N–H and O–H groups in total. The van der Waals surface area contributed by atoms with Gasteiger partial charge in [-0.3, -0.25) is 0 Å². The molecule has 90 valence electrons. The summed E-state index contributed by atoms with van der Waals surface area (Å²) in [5.41, 5.74) is 3.85. The Balaban J connectivity index is 2.29. The van der Waals surface area contributed by atoms with Crippen LogP contribution in [0.1, 0.15) is 17.5 Å². The Hall–Kier alpha value is -1.53. The lowest BCUT2D eigenvalue weighted by Crippen LogP contribution is -2.51. The van der Waals surface area contributed by atoms with Crippen LogP contribution in [0.3, 0.4) is 0 Å². The van der Waals surface area contributed by atoms with Crippen molar-refractivity contribution in [3.63, 3.8) is 0 Å². The van der Waals surface area contributed by atoms with Crippen LogP contribution in [0.5, 0.6) is 0 Å². The highest BCUT2D eigenvalue weighted by atomic mass is 15.2. The lowest BCUT2D eigenvalue weighted by molar-refractivity contribution is 0.480. The average molecular weight is 229 g/mol. The highest BCUT2D eigenvalue weighted by Gasteiger charge is 2.23. The molecule has 1 aromatic carbocycles. The maximum absolute atomic E-state index is 8.90. The first-order valence-electron chi connectivity index (χ1n) is 6.14. The molecule has 0 radical (unpaired) electrons. The predicted octanol–water partition coefficient (Wildman–Crippen LogP) is 2.00. The number of nitrogens with one attached hydrogen (secondary N) is 1. The van der Waals surface area contributed by atoms with Crippen molar-refractivity contribution < 1.29 is 0 Å². The summed E-state index contributed by atoms with van der Waals surface area (Å²) in [7, 11) is 0. The second-order valence-electron chi connectivity index (χ2n) is 4.70. The van der Waals surface area contributed by atoms with E-state index in [1.807, 2.05) is 0 Å². The number of aryl methyl sites for hydroxylation is 2. The van der Waals surface area contributed by atoms with Gasteiger partial charge in [-0.15, -0.1) is 0 Å². The van der Waals surface area contributed by atoms with Crippen LogP contribution in [0, 0.1) is 25.2 Å². The fraction of sp³-hybridized carbons (Fsp3) is 0.500. The molecular formula is C14H19N3. The van der Waals surface area contributed by atoms with Gasteiger partial charge in [0, 0.05) is 25.3 Å². The molecule has 1 aliphatic heterocycles. The van der Waals surface area contributed by atoms with Gasteiger partial charge < -0.3 is 10.2 Å². The van der Waals surface area contributed by atoms with E-state index < -0.39 is 0 Å². The van der Waals surface area contributed by atoms with Gasteiger partial charge in [0.2, 0.25) is 0 Å². The molecule has 1 atom stereocenters. The zero-order chi connectivity index (χ0) is 12.3. The Labute approximate surface area is 103 Å². The van der Waals surface area contributed by atoms with Crippen LogP contribution in [0.25, 0.3) is 0 Å². The molecule has 0 bridgehead atoms. The zero-order valence-corrected chi connectivity index (χ0v) is 10.5. The first-order chi connectivity index (χ1) is 8.22. The van der Waals surface area contributed by atoms with Gasteiger partial charge in [0.15, 0.2) is 0 Å². The second-order valence-corrected chi connectivity index (χ2v) is 4.70. The van der Waals surface area contributed by atoms with Crippen molar-refractivity contribution in [1.82, 2.24) is 5.32 Å². The lowest BCUT2D eigenvalue weighted by Gasteiger charge is -2.38. The maximum Gasteiger partial charge on any atom is 0.0643 e. The highest BCUT2D eigenvalue weighted by molar-refractivity contribution is 5.56. The Bertz CT molecular complexity index is 434. The fourth-order valence-electron chi connectivity index (χ4n) is 2.39. The Morgan fingerprint density at radius 2 is 2.29 bits per heavy atom. The standard InChI is InChI=1S/C14H19N3/c1-11-3-4-12(2)14(9-11)17-8-7-16-10-13(17)5-6-15/h3-4,9,13,16H,5,7-8,10H2,1-2H3. The number of nitriles is 1. The summed E-state index contributed by atoms with van der Waals surface area (Å²) in [6.07, 6.45) is 0.584. The zero-order valence-electron chi connectivity index (χ0n) is 10.5. The van der Waals surface area contributed by atoms with Crippen molar-refractivity contribution in [1.29, 1.82) is 5.26 Å². The molecule has 0 spiro atoms. The fourth-order valence-corrected chi connectivity index (χ4v) is 2.39. The van der Waals surface area contributed by atoms with Crippen LogP contribution in [0.15, 0.2) is 18.2 Å². The topological polar surface area (TPSA) is 39.1 Å². The van der Waals surface area contributed by atoms with Crippen LogP contribution >= 0.6 is 0 Å². The molecule has 0 aliphatic carbocycles. The van der Waals surface area contributed by atoms with Gasteiger partial charge in [-0.2, -0.15) is 5.26 Å². The van der Waals surface area contributed by atoms with Crippen LogP contribution in [-0.2, 0) is 0 Å². The summed E-state index contributed by atoms with van der Waals surface area (Å²) in [6.45, 7) is 7.14. The second kappa shape index (κ2) is 5.20. The summed E-state index contributed by atoms with van der Waals surface area (Å²) in [5, 5.41) is 12.3. The molecule has 17 heavy (non-hydrogen) atoms. The summed E-state index contributed by atoms with van der Waals surface area (Å²) in [4.78, 5) is 2.38. The molecule has 0 saturated carbocycles. The van der Waals surface area contributed by atoms with E-state index in [0.29, 0.717) is 12.5 Å². The van der Waals surface area contributed by atoms with Crippen molar-refractivity contribution >= 4 is 5.69 Å². The van der Waals surface area contributed by atoms with Gasteiger partial charge in [-0.1, -0.05) is 12.1 Å². The smallest absolute Gasteiger partial charge is 0.0643 e. The van der Waals surface area contributed by atoms with Crippen molar-refractivity contribution in [3.8, 4) is 6.07 Å². The van der Waals surface area contributed by atoms with Gasteiger partial charge in [-0.05, 0) is 31.0 Å². The van der Waals surface area contributed by atoms with Gasteiger partial charge >= 0.3 is 0 Å². The third kappa shape index (κ3) is 2.59. The van der Waals surface area contributed by atoms with E-state index in [9.17, 15) is 0 Å². The Kier molecular flexibility index (Phi) is 3.65. The maximum atomic E-state index is 8.90. The van der Waals surface area contributed by atoms with Crippen molar-refractivity contribution in [3.05, 3.63) is 29.3 Å². The van der Waals surface area contributed by atoms with Gasteiger partial charge in [0.1, 0.15) is 0 Å². The molecule has 2 rings (SSSR count). The number of anilines is 1. The number of rotatable bonds is 2. The Morgan fingerprint density at radius 1 is 1.47 bits per heavy atom. The third-order valence-electron chi connectivity index (χ3n) is 3.35. The SMILES string of the molecule is Cc1ccc(C)c(N2CCNCC2CC#N)c1. The molecule has 0 amide bonds. The summed E-state index contributed by atoms with van der Waals surface area (Å²) >= 11 is 0. The predicted molar refractivity (Wildman–Crippen MR) is 70.1 cm³/mol. The minimum absolute atomic E-state index is 0.300. The van der Waals surface area contributed by atoms with Crippen LogP contribution in [0.4, 0.5) is 5.69 Å². The number of hydrogen-bond donors (Lipinski definition) is 1. The normalized spacial score (nSPS) is 20.1. The van der Waals surface area contributed by atoms with Crippen LogP contribution < -0.4 is 10.2 Å². The minimum Gasteiger partial charge on any atom is -0.365 e. The largest absolute Gasteiger partial charge is 0.365 e. The van der Waals surface area contributed by atoms with Crippen molar-refractivity contribution in [2.45, 2.75) is 26.3 Å². The number of hydrogen-bond acceptors (Lipinski definition) is 3. The van der Waals surface area contributed by atoms with E-state index in [1.54, 1.807) is 0 Å².